The zero-order chi connectivity index (χ0) is 19.8. The van der Waals surface area contributed by atoms with Gasteiger partial charge in [-0.15, -0.1) is 0 Å². The van der Waals surface area contributed by atoms with Gasteiger partial charge in [-0.05, 0) is 43.0 Å². The molecule has 146 valence electrons. The minimum absolute atomic E-state index is 0.225. The van der Waals surface area contributed by atoms with Crippen LogP contribution >= 0.6 is 0 Å². The molecule has 0 saturated carbocycles. The fraction of sp³-hybridized carbons (Fsp3) is 0.320. The maximum atomic E-state index is 13.0. The Morgan fingerprint density at radius 2 is 1.57 bits per heavy atom. The van der Waals surface area contributed by atoms with Gasteiger partial charge in [0.25, 0.3) is 0 Å². The summed E-state index contributed by atoms with van der Waals surface area (Å²) in [7, 11) is 0. The first kappa shape index (κ1) is 19.9. The van der Waals surface area contributed by atoms with Gasteiger partial charge in [0.2, 0.25) is 5.91 Å². The molecule has 3 aromatic rings. The predicted molar refractivity (Wildman–Crippen MR) is 115 cm³/mol. The summed E-state index contributed by atoms with van der Waals surface area (Å²) in [5, 5.41) is 0. The van der Waals surface area contributed by atoms with Crippen molar-refractivity contribution >= 4 is 5.91 Å². The van der Waals surface area contributed by atoms with Gasteiger partial charge >= 0.3 is 0 Å². The minimum Gasteiger partial charge on any atom is -0.345 e. The van der Waals surface area contributed by atoms with Crippen LogP contribution in [0.5, 0.6) is 0 Å². The van der Waals surface area contributed by atoms with Gasteiger partial charge in [-0.25, -0.2) is 0 Å². The molecule has 1 aromatic heterocycles. The summed E-state index contributed by atoms with van der Waals surface area (Å²) in [6.07, 6.45) is 4.40. The van der Waals surface area contributed by atoms with Crippen molar-refractivity contribution in [3.63, 3.8) is 0 Å². The molecule has 0 aliphatic heterocycles. The summed E-state index contributed by atoms with van der Waals surface area (Å²) in [6.45, 7) is 5.77. The number of aromatic nitrogens is 1. The average Bonchev–Trinajstić information content (AvgIpc) is 3.17. The molecule has 0 radical (unpaired) electrons. The summed E-state index contributed by atoms with van der Waals surface area (Å²) in [4.78, 5) is 15.1. The molecule has 0 spiro atoms. The second kappa shape index (κ2) is 9.93. The van der Waals surface area contributed by atoms with Crippen LogP contribution in [0.25, 0.3) is 0 Å². The van der Waals surface area contributed by atoms with Gasteiger partial charge in [0, 0.05) is 30.9 Å². The van der Waals surface area contributed by atoms with Gasteiger partial charge in [0.05, 0.1) is 6.54 Å². The lowest BCUT2D eigenvalue weighted by atomic mass is 10.1. The Morgan fingerprint density at radius 3 is 2.21 bits per heavy atom. The Bertz CT molecular complexity index is 855. The molecule has 0 aliphatic carbocycles. The largest absolute Gasteiger partial charge is 0.345 e. The standard InChI is InChI=1S/C25H30N2O/c1-3-21(2)27(25(28)17-16-22-11-6-4-7-12-22)20-24-15-10-18-26(24)19-23-13-8-5-9-14-23/h4-15,18,21H,3,16-17,19-20H2,1-2H3. The number of nitrogens with zero attached hydrogens (tertiary/aromatic N) is 2. The topological polar surface area (TPSA) is 25.2 Å². The molecule has 1 heterocycles. The third-order valence-electron chi connectivity index (χ3n) is 5.37. The molecule has 28 heavy (non-hydrogen) atoms. The van der Waals surface area contributed by atoms with Crippen molar-refractivity contribution in [1.82, 2.24) is 9.47 Å². The van der Waals surface area contributed by atoms with Crippen molar-refractivity contribution in [2.24, 2.45) is 0 Å². The number of benzene rings is 2. The summed E-state index contributed by atoms with van der Waals surface area (Å²) < 4.78 is 2.25. The lowest BCUT2D eigenvalue weighted by Crippen LogP contribution is -2.38. The lowest BCUT2D eigenvalue weighted by Gasteiger charge is -2.29. The van der Waals surface area contributed by atoms with Crippen LogP contribution in [0.3, 0.4) is 0 Å². The number of carbonyl (C=O) groups is 1. The van der Waals surface area contributed by atoms with Gasteiger partial charge < -0.3 is 9.47 Å². The number of rotatable bonds is 9. The Balaban J connectivity index is 1.69. The quantitative estimate of drug-likeness (QED) is 0.499. The van der Waals surface area contributed by atoms with E-state index in [-0.39, 0.29) is 11.9 Å². The van der Waals surface area contributed by atoms with E-state index >= 15 is 0 Å². The van der Waals surface area contributed by atoms with E-state index in [2.05, 4.69) is 73.1 Å². The van der Waals surface area contributed by atoms with Gasteiger partial charge in [-0.2, -0.15) is 0 Å². The van der Waals surface area contributed by atoms with Crippen molar-refractivity contribution in [2.45, 2.75) is 52.2 Å². The maximum Gasteiger partial charge on any atom is 0.223 e. The lowest BCUT2D eigenvalue weighted by molar-refractivity contribution is -0.134. The first-order valence-electron chi connectivity index (χ1n) is 10.2. The van der Waals surface area contributed by atoms with Crippen LogP contribution in [0.1, 0.15) is 43.5 Å². The molecule has 0 bridgehead atoms. The molecule has 3 nitrogen and oxygen atoms in total. The highest BCUT2D eigenvalue weighted by atomic mass is 16.2. The van der Waals surface area contributed by atoms with Crippen molar-refractivity contribution in [1.29, 1.82) is 0 Å². The van der Waals surface area contributed by atoms with Crippen molar-refractivity contribution in [2.75, 3.05) is 0 Å². The second-order valence-electron chi connectivity index (χ2n) is 7.38. The van der Waals surface area contributed by atoms with Crippen LogP contribution in [0.2, 0.25) is 0 Å². The Hall–Kier alpha value is -2.81. The zero-order valence-electron chi connectivity index (χ0n) is 16.9. The highest BCUT2D eigenvalue weighted by Gasteiger charge is 2.20. The molecular formula is C25H30N2O. The molecule has 0 aliphatic rings. The third kappa shape index (κ3) is 5.35. The van der Waals surface area contributed by atoms with Crippen molar-refractivity contribution < 1.29 is 4.79 Å². The number of hydrogen-bond donors (Lipinski definition) is 0. The van der Waals surface area contributed by atoms with Crippen LogP contribution in [0, 0.1) is 0 Å². The van der Waals surface area contributed by atoms with E-state index in [4.69, 9.17) is 0 Å². The molecule has 0 fully saturated rings. The van der Waals surface area contributed by atoms with E-state index < -0.39 is 0 Å². The van der Waals surface area contributed by atoms with Gasteiger partial charge in [-0.3, -0.25) is 4.79 Å². The predicted octanol–water partition coefficient (Wildman–Crippen LogP) is 5.30. The first-order chi connectivity index (χ1) is 13.7. The van der Waals surface area contributed by atoms with Crippen LogP contribution in [-0.2, 0) is 24.3 Å². The van der Waals surface area contributed by atoms with E-state index in [0.29, 0.717) is 13.0 Å². The monoisotopic (exact) mass is 374 g/mol. The molecular weight excluding hydrogens is 344 g/mol. The van der Waals surface area contributed by atoms with Crippen LogP contribution in [-0.4, -0.2) is 21.4 Å². The summed E-state index contributed by atoms with van der Waals surface area (Å²) >= 11 is 0. The fourth-order valence-corrected chi connectivity index (χ4v) is 3.45. The van der Waals surface area contributed by atoms with Gasteiger partial charge in [-0.1, -0.05) is 67.6 Å². The van der Waals surface area contributed by atoms with Crippen LogP contribution < -0.4 is 0 Å². The average molecular weight is 375 g/mol. The molecule has 0 N–H and O–H groups in total. The molecule has 1 unspecified atom stereocenters. The van der Waals surface area contributed by atoms with E-state index in [1.165, 1.54) is 16.8 Å². The van der Waals surface area contributed by atoms with Crippen molar-refractivity contribution in [3.05, 3.63) is 95.8 Å². The smallest absolute Gasteiger partial charge is 0.223 e. The van der Waals surface area contributed by atoms with Gasteiger partial charge in [0.1, 0.15) is 0 Å². The zero-order valence-corrected chi connectivity index (χ0v) is 16.9. The number of aryl methyl sites for hydroxylation is 1. The molecule has 3 rings (SSSR count). The van der Waals surface area contributed by atoms with E-state index in [1.807, 2.05) is 29.2 Å². The summed E-state index contributed by atoms with van der Waals surface area (Å²) in [5.41, 5.74) is 3.66. The maximum absolute atomic E-state index is 13.0. The Kier molecular flexibility index (Phi) is 7.07. The second-order valence-corrected chi connectivity index (χ2v) is 7.38. The Morgan fingerprint density at radius 1 is 0.929 bits per heavy atom. The van der Waals surface area contributed by atoms with E-state index in [1.54, 1.807) is 0 Å². The SMILES string of the molecule is CCC(C)N(Cc1cccn1Cc1ccccc1)C(=O)CCc1ccccc1. The molecule has 3 heteroatoms. The molecule has 1 amide bonds. The number of carbonyl (C=O) groups excluding carboxylic acids is 1. The van der Waals surface area contributed by atoms with Crippen LogP contribution in [0.4, 0.5) is 0 Å². The summed E-state index contributed by atoms with van der Waals surface area (Å²) in [6, 6.07) is 25.1. The minimum atomic E-state index is 0.225. The van der Waals surface area contributed by atoms with E-state index in [0.717, 1.165) is 19.4 Å². The normalized spacial score (nSPS) is 11.9. The Labute approximate surface area is 168 Å². The number of hydrogen-bond acceptors (Lipinski definition) is 1. The number of amides is 1. The molecule has 1 atom stereocenters. The summed E-state index contributed by atoms with van der Waals surface area (Å²) in [5.74, 6) is 0.227. The first-order valence-corrected chi connectivity index (χ1v) is 10.2. The highest BCUT2D eigenvalue weighted by Crippen LogP contribution is 2.16. The van der Waals surface area contributed by atoms with Gasteiger partial charge in [0.15, 0.2) is 0 Å². The van der Waals surface area contributed by atoms with Crippen molar-refractivity contribution in [3.8, 4) is 0 Å². The van der Waals surface area contributed by atoms with Crippen LogP contribution in [0.15, 0.2) is 79.0 Å². The molecule has 2 aromatic carbocycles. The fourth-order valence-electron chi connectivity index (χ4n) is 3.45. The van der Waals surface area contributed by atoms with E-state index in [9.17, 15) is 4.79 Å². The molecule has 0 saturated heterocycles. The third-order valence-corrected chi connectivity index (χ3v) is 5.37. The highest BCUT2D eigenvalue weighted by molar-refractivity contribution is 5.76.